The summed E-state index contributed by atoms with van der Waals surface area (Å²) in [6.07, 6.45) is 3.63. The molecule has 0 spiro atoms. The zero-order chi connectivity index (χ0) is 12.4. The van der Waals surface area contributed by atoms with Crippen molar-refractivity contribution in [3.63, 3.8) is 0 Å². The molecule has 0 saturated heterocycles. The highest BCUT2D eigenvalue weighted by molar-refractivity contribution is 6.16. The lowest BCUT2D eigenvalue weighted by Crippen LogP contribution is -1.91. The molecular weight excluding hydrogens is 250 g/mol. The molecule has 5 heteroatoms. The molecule has 0 atom stereocenters. The van der Waals surface area contributed by atoms with Gasteiger partial charge in [0.2, 0.25) is 5.89 Å². The first-order chi connectivity index (χ1) is 8.86. The SMILES string of the molecule is ClCc1noc(CCc2c[nH]c3ccccc23)n1. The van der Waals surface area contributed by atoms with Crippen LogP contribution in [0.25, 0.3) is 10.9 Å². The average Bonchev–Trinajstić information content (AvgIpc) is 3.03. The molecule has 0 aliphatic rings. The van der Waals surface area contributed by atoms with Crippen LogP contribution in [0.15, 0.2) is 35.0 Å². The maximum Gasteiger partial charge on any atom is 0.227 e. The third-order valence-electron chi connectivity index (χ3n) is 2.91. The lowest BCUT2D eigenvalue weighted by atomic mass is 10.1. The highest BCUT2D eigenvalue weighted by Gasteiger charge is 2.08. The van der Waals surface area contributed by atoms with Gasteiger partial charge in [0, 0.05) is 23.5 Å². The van der Waals surface area contributed by atoms with Gasteiger partial charge in [0.15, 0.2) is 5.82 Å². The fraction of sp³-hybridized carbons (Fsp3) is 0.231. The first-order valence-corrected chi connectivity index (χ1v) is 6.32. The standard InChI is InChI=1S/C13H12ClN3O/c14-7-12-16-13(18-17-12)6-5-9-8-15-11-4-2-1-3-10(9)11/h1-4,8,15H,5-7H2. The molecule has 0 fully saturated rings. The zero-order valence-corrected chi connectivity index (χ0v) is 10.4. The monoisotopic (exact) mass is 261 g/mol. The van der Waals surface area contributed by atoms with Gasteiger partial charge in [-0.2, -0.15) is 4.98 Å². The summed E-state index contributed by atoms with van der Waals surface area (Å²) in [4.78, 5) is 7.44. The van der Waals surface area contributed by atoms with Gasteiger partial charge in [0.25, 0.3) is 0 Å². The summed E-state index contributed by atoms with van der Waals surface area (Å²) in [7, 11) is 0. The van der Waals surface area contributed by atoms with Crippen LogP contribution in [0.5, 0.6) is 0 Å². The van der Waals surface area contributed by atoms with Crippen LogP contribution in [0.1, 0.15) is 17.3 Å². The molecule has 0 saturated carbocycles. The van der Waals surface area contributed by atoms with Crippen LogP contribution in [0.4, 0.5) is 0 Å². The Morgan fingerprint density at radius 3 is 2.94 bits per heavy atom. The number of fused-ring (bicyclic) bond motifs is 1. The maximum absolute atomic E-state index is 5.63. The quantitative estimate of drug-likeness (QED) is 0.735. The molecule has 0 aliphatic carbocycles. The van der Waals surface area contributed by atoms with Gasteiger partial charge in [0.1, 0.15) is 0 Å². The highest BCUT2D eigenvalue weighted by atomic mass is 35.5. The number of aryl methyl sites for hydroxylation is 2. The molecule has 3 aromatic rings. The number of nitrogens with one attached hydrogen (secondary N) is 1. The largest absolute Gasteiger partial charge is 0.361 e. The van der Waals surface area contributed by atoms with Crippen molar-refractivity contribution in [1.82, 2.24) is 15.1 Å². The number of para-hydroxylation sites is 1. The number of aromatic amines is 1. The van der Waals surface area contributed by atoms with Crippen molar-refractivity contribution < 1.29 is 4.52 Å². The van der Waals surface area contributed by atoms with Crippen LogP contribution in [0, 0.1) is 0 Å². The molecule has 92 valence electrons. The van der Waals surface area contributed by atoms with E-state index in [1.165, 1.54) is 10.9 Å². The summed E-state index contributed by atoms with van der Waals surface area (Å²) in [6.45, 7) is 0. The summed E-state index contributed by atoms with van der Waals surface area (Å²) in [6, 6.07) is 8.24. The van der Waals surface area contributed by atoms with Crippen molar-refractivity contribution >= 4 is 22.5 Å². The Bertz CT molecular complexity index is 659. The Morgan fingerprint density at radius 2 is 2.11 bits per heavy atom. The Balaban J connectivity index is 1.76. The van der Waals surface area contributed by atoms with E-state index in [9.17, 15) is 0 Å². The van der Waals surface area contributed by atoms with E-state index >= 15 is 0 Å². The summed E-state index contributed by atoms with van der Waals surface area (Å²) in [5.41, 5.74) is 2.41. The molecule has 1 N–H and O–H groups in total. The van der Waals surface area contributed by atoms with Crippen molar-refractivity contribution in [2.75, 3.05) is 0 Å². The predicted octanol–water partition coefficient (Wildman–Crippen LogP) is 3.07. The van der Waals surface area contributed by atoms with E-state index in [4.69, 9.17) is 16.1 Å². The van der Waals surface area contributed by atoms with Crippen molar-refractivity contribution in [3.8, 4) is 0 Å². The fourth-order valence-electron chi connectivity index (χ4n) is 2.03. The number of hydrogen-bond donors (Lipinski definition) is 1. The molecule has 0 bridgehead atoms. The van der Waals surface area contributed by atoms with E-state index < -0.39 is 0 Å². The first-order valence-electron chi connectivity index (χ1n) is 5.79. The normalized spacial score (nSPS) is 11.2. The number of H-pyrrole nitrogens is 1. The van der Waals surface area contributed by atoms with Gasteiger partial charge in [-0.15, -0.1) is 11.6 Å². The molecule has 1 aromatic carbocycles. The van der Waals surface area contributed by atoms with Crippen molar-refractivity contribution in [1.29, 1.82) is 0 Å². The second-order valence-corrected chi connectivity index (χ2v) is 4.36. The molecule has 18 heavy (non-hydrogen) atoms. The van der Waals surface area contributed by atoms with Crippen molar-refractivity contribution in [2.45, 2.75) is 18.7 Å². The molecule has 0 aliphatic heterocycles. The van der Waals surface area contributed by atoms with Crippen LogP contribution >= 0.6 is 11.6 Å². The van der Waals surface area contributed by atoms with Crippen molar-refractivity contribution in [2.24, 2.45) is 0 Å². The number of rotatable bonds is 4. The smallest absolute Gasteiger partial charge is 0.227 e. The Morgan fingerprint density at radius 1 is 1.22 bits per heavy atom. The summed E-state index contributed by atoms with van der Waals surface area (Å²) in [5.74, 6) is 1.47. The van der Waals surface area contributed by atoms with Gasteiger partial charge in [-0.3, -0.25) is 0 Å². The number of alkyl halides is 1. The van der Waals surface area contributed by atoms with Gasteiger partial charge in [-0.05, 0) is 18.1 Å². The molecule has 0 unspecified atom stereocenters. The van der Waals surface area contributed by atoms with E-state index in [2.05, 4.69) is 27.3 Å². The van der Waals surface area contributed by atoms with E-state index in [0.717, 1.165) is 18.4 Å². The highest BCUT2D eigenvalue weighted by Crippen LogP contribution is 2.19. The topological polar surface area (TPSA) is 54.7 Å². The number of benzene rings is 1. The Labute approximate surface area is 109 Å². The zero-order valence-electron chi connectivity index (χ0n) is 9.69. The van der Waals surface area contributed by atoms with E-state index in [1.807, 2.05) is 18.3 Å². The second kappa shape index (κ2) is 4.82. The second-order valence-electron chi connectivity index (χ2n) is 4.10. The van der Waals surface area contributed by atoms with Gasteiger partial charge >= 0.3 is 0 Å². The lowest BCUT2D eigenvalue weighted by Gasteiger charge is -1.95. The number of halogens is 1. The Hall–Kier alpha value is -1.81. The third kappa shape index (κ3) is 2.11. The molecule has 0 amide bonds. The summed E-state index contributed by atoms with van der Waals surface area (Å²) < 4.78 is 5.11. The number of aromatic nitrogens is 3. The van der Waals surface area contributed by atoms with Gasteiger partial charge in [0.05, 0.1) is 5.88 Å². The maximum atomic E-state index is 5.63. The van der Waals surface area contributed by atoms with Crippen LogP contribution in [-0.2, 0) is 18.7 Å². The molecule has 4 nitrogen and oxygen atoms in total. The first kappa shape index (κ1) is 11.3. The Kier molecular flexibility index (Phi) is 3.02. The molecule has 3 rings (SSSR count). The van der Waals surface area contributed by atoms with Gasteiger partial charge in [-0.1, -0.05) is 23.4 Å². The molecular formula is C13H12ClN3O. The van der Waals surface area contributed by atoms with Gasteiger partial charge < -0.3 is 9.51 Å². The van der Waals surface area contributed by atoms with Crippen LogP contribution in [0.2, 0.25) is 0 Å². The molecule has 2 aromatic heterocycles. The summed E-state index contributed by atoms with van der Waals surface area (Å²) in [5, 5.41) is 5.02. The minimum absolute atomic E-state index is 0.288. The van der Waals surface area contributed by atoms with Gasteiger partial charge in [-0.25, -0.2) is 0 Å². The summed E-state index contributed by atoms with van der Waals surface area (Å²) >= 11 is 5.63. The van der Waals surface area contributed by atoms with Crippen LogP contribution < -0.4 is 0 Å². The fourth-order valence-corrected chi connectivity index (χ4v) is 2.13. The predicted molar refractivity (Wildman–Crippen MR) is 69.6 cm³/mol. The average molecular weight is 262 g/mol. The minimum Gasteiger partial charge on any atom is -0.361 e. The van der Waals surface area contributed by atoms with E-state index in [0.29, 0.717) is 11.7 Å². The van der Waals surface area contributed by atoms with Crippen LogP contribution in [0.3, 0.4) is 0 Å². The number of nitrogens with zero attached hydrogens (tertiary/aromatic N) is 2. The molecule has 0 radical (unpaired) electrons. The number of hydrogen-bond acceptors (Lipinski definition) is 3. The third-order valence-corrected chi connectivity index (χ3v) is 3.15. The lowest BCUT2D eigenvalue weighted by molar-refractivity contribution is 0.374. The van der Waals surface area contributed by atoms with Crippen molar-refractivity contribution in [3.05, 3.63) is 47.7 Å². The molecule has 2 heterocycles. The minimum atomic E-state index is 0.288. The van der Waals surface area contributed by atoms with E-state index in [1.54, 1.807) is 0 Å². The van der Waals surface area contributed by atoms with E-state index in [-0.39, 0.29) is 5.88 Å². The van der Waals surface area contributed by atoms with Crippen LogP contribution in [-0.4, -0.2) is 15.1 Å².